The summed E-state index contributed by atoms with van der Waals surface area (Å²) < 4.78 is 32.3. The molecule has 32 heavy (non-hydrogen) atoms. The molecule has 0 bridgehead atoms. The van der Waals surface area contributed by atoms with Gasteiger partial charge in [0.1, 0.15) is 11.3 Å². The molecule has 1 saturated heterocycles. The van der Waals surface area contributed by atoms with Gasteiger partial charge in [0.25, 0.3) is 0 Å². The Kier molecular flexibility index (Phi) is 6.34. The molecule has 1 aromatic heterocycles. The third kappa shape index (κ3) is 3.86. The zero-order chi connectivity index (χ0) is 22.6. The number of nitrogens with two attached hydrogens (primary N) is 2. The van der Waals surface area contributed by atoms with Crippen LogP contribution in [0.25, 0.3) is 10.9 Å². The summed E-state index contributed by atoms with van der Waals surface area (Å²) >= 11 is 0. The Morgan fingerprint density at radius 3 is 2.47 bits per heavy atom. The number of fused-ring (bicyclic) bond motifs is 1. The van der Waals surface area contributed by atoms with E-state index in [9.17, 15) is 19.5 Å². The van der Waals surface area contributed by atoms with Gasteiger partial charge in [0, 0.05) is 31.4 Å². The largest absolute Gasteiger partial charge is 0.477 e. The number of halogens is 3. The summed E-state index contributed by atoms with van der Waals surface area (Å²) in [6.07, 6.45) is 2.91. The van der Waals surface area contributed by atoms with E-state index in [2.05, 4.69) is 5.32 Å². The van der Waals surface area contributed by atoms with E-state index in [1.165, 1.54) is 16.4 Å². The first kappa shape index (κ1) is 23.7. The Bertz CT molecular complexity index is 1170. The van der Waals surface area contributed by atoms with Crippen molar-refractivity contribution < 1.29 is 23.5 Å². The Labute approximate surface area is 187 Å². The molecule has 2 heterocycles. The van der Waals surface area contributed by atoms with Gasteiger partial charge in [-0.05, 0) is 26.2 Å². The number of nitrogen functional groups attached to an aromatic ring is 1. The molecule has 9 nitrogen and oxygen atoms in total. The summed E-state index contributed by atoms with van der Waals surface area (Å²) in [5.41, 5.74) is 8.68. The van der Waals surface area contributed by atoms with Crippen molar-refractivity contribution in [3.63, 3.8) is 0 Å². The van der Waals surface area contributed by atoms with Gasteiger partial charge < -0.3 is 31.4 Å². The van der Waals surface area contributed by atoms with E-state index in [0.717, 1.165) is 6.20 Å². The number of carboxylic acids is 1. The van der Waals surface area contributed by atoms with Gasteiger partial charge in [-0.25, -0.2) is 13.6 Å². The van der Waals surface area contributed by atoms with E-state index in [0.29, 0.717) is 19.3 Å². The maximum absolute atomic E-state index is 15.7. The smallest absolute Gasteiger partial charge is 0.341 e. The summed E-state index contributed by atoms with van der Waals surface area (Å²) in [4.78, 5) is 37.5. The molecule has 1 amide bonds. The lowest BCUT2D eigenvalue weighted by molar-refractivity contribution is -0.122. The molecule has 2 aromatic rings. The van der Waals surface area contributed by atoms with Crippen LogP contribution < -0.4 is 27.1 Å². The molecule has 0 spiro atoms. The lowest BCUT2D eigenvalue weighted by atomic mass is 10.1. The summed E-state index contributed by atoms with van der Waals surface area (Å²) in [6, 6.07) is -1.26. The number of carbonyl (C=O) groups is 2. The lowest BCUT2D eigenvalue weighted by Crippen LogP contribution is -2.45. The average molecular weight is 472 g/mol. The fourth-order valence-electron chi connectivity index (χ4n) is 4.04. The number of carbonyl (C=O) groups excluding carboxylic acids is 1. The van der Waals surface area contributed by atoms with Crippen molar-refractivity contribution in [2.75, 3.05) is 23.7 Å². The first-order valence-corrected chi connectivity index (χ1v) is 10.0. The van der Waals surface area contributed by atoms with Crippen LogP contribution in [-0.4, -0.2) is 46.7 Å². The summed E-state index contributed by atoms with van der Waals surface area (Å²) in [5.74, 6) is -3.94. The first-order valence-electron chi connectivity index (χ1n) is 10.0. The number of rotatable bonds is 5. The Morgan fingerprint density at radius 1 is 1.25 bits per heavy atom. The molecule has 1 saturated carbocycles. The highest BCUT2D eigenvalue weighted by Crippen LogP contribution is 2.42. The van der Waals surface area contributed by atoms with E-state index in [1.54, 1.807) is 0 Å². The molecule has 12 heteroatoms. The van der Waals surface area contributed by atoms with E-state index in [4.69, 9.17) is 11.5 Å². The second-order valence-corrected chi connectivity index (χ2v) is 8.16. The lowest BCUT2D eigenvalue weighted by Gasteiger charge is -2.24. The van der Waals surface area contributed by atoms with Crippen molar-refractivity contribution >= 4 is 46.6 Å². The van der Waals surface area contributed by atoms with Crippen molar-refractivity contribution in [2.45, 2.75) is 44.3 Å². The van der Waals surface area contributed by atoms with E-state index in [1.807, 2.05) is 0 Å². The van der Waals surface area contributed by atoms with Gasteiger partial charge in [-0.1, -0.05) is 0 Å². The topological polar surface area (TPSA) is 144 Å². The number of carboxylic acid groups (broad SMARTS) is 1. The van der Waals surface area contributed by atoms with Crippen LogP contribution in [0.5, 0.6) is 0 Å². The zero-order valence-corrected chi connectivity index (χ0v) is 18.0. The Hall–Kier alpha value is -2.92. The molecular weight excluding hydrogens is 448 g/mol. The monoisotopic (exact) mass is 471 g/mol. The van der Waals surface area contributed by atoms with Crippen LogP contribution in [0.15, 0.2) is 11.0 Å². The van der Waals surface area contributed by atoms with Crippen LogP contribution in [0.4, 0.5) is 20.2 Å². The van der Waals surface area contributed by atoms with Crippen molar-refractivity contribution in [3.8, 4) is 0 Å². The van der Waals surface area contributed by atoms with Crippen LogP contribution >= 0.6 is 12.4 Å². The molecule has 174 valence electrons. The summed E-state index contributed by atoms with van der Waals surface area (Å²) in [5, 5.41) is 11.6. The fourth-order valence-corrected chi connectivity index (χ4v) is 4.04. The van der Waals surface area contributed by atoms with Crippen LogP contribution in [0.2, 0.25) is 0 Å². The fraction of sp³-hybridized carbons (Fsp3) is 0.450. The maximum Gasteiger partial charge on any atom is 0.341 e. The first-order chi connectivity index (χ1) is 14.6. The second-order valence-electron chi connectivity index (χ2n) is 8.16. The van der Waals surface area contributed by atoms with Crippen LogP contribution in [0.3, 0.4) is 0 Å². The standard InChI is InChI=1S/C20H23F2N5O4.ClH/c1-8(23)19(29)25-9-4-5-26(6-9)17-13(21)15(24)12-16(14(17)22)27(10-2-3-10)7-11(18(12)28)20(30)31;/h7-10H,2-6,23-24H2,1H3,(H,25,29)(H,30,31);1H. The SMILES string of the molecule is CC(N)C(=O)NC1CCN(c2c(F)c(N)c3c(=O)c(C(=O)O)cn(C4CC4)c3c2F)C1.Cl. The van der Waals surface area contributed by atoms with Gasteiger partial charge in [0.05, 0.1) is 22.6 Å². The number of aromatic carboxylic acids is 1. The van der Waals surface area contributed by atoms with Crippen molar-refractivity contribution in [1.29, 1.82) is 0 Å². The van der Waals surface area contributed by atoms with Crippen LogP contribution in [0, 0.1) is 11.6 Å². The molecular formula is C20H24ClF2N5O4. The van der Waals surface area contributed by atoms with Crippen LogP contribution in [-0.2, 0) is 4.79 Å². The zero-order valence-electron chi connectivity index (χ0n) is 17.2. The van der Waals surface area contributed by atoms with Gasteiger partial charge in [0.15, 0.2) is 11.6 Å². The van der Waals surface area contributed by atoms with Gasteiger partial charge in [0.2, 0.25) is 11.3 Å². The third-order valence-corrected chi connectivity index (χ3v) is 5.80. The maximum atomic E-state index is 15.7. The van der Waals surface area contributed by atoms with Gasteiger partial charge in [-0.15, -0.1) is 12.4 Å². The van der Waals surface area contributed by atoms with Gasteiger partial charge in [-0.2, -0.15) is 0 Å². The summed E-state index contributed by atoms with van der Waals surface area (Å²) in [7, 11) is 0. The minimum Gasteiger partial charge on any atom is -0.477 e. The highest BCUT2D eigenvalue weighted by Gasteiger charge is 2.35. The molecule has 1 aliphatic carbocycles. The number of nitrogens with one attached hydrogen (secondary N) is 1. The minimum absolute atomic E-state index is 0. The number of amides is 1. The Balaban J connectivity index is 0.00000289. The quantitative estimate of drug-likeness (QED) is 0.482. The van der Waals surface area contributed by atoms with Crippen molar-refractivity contribution in [3.05, 3.63) is 33.6 Å². The molecule has 2 fully saturated rings. The minimum atomic E-state index is -1.49. The second kappa shape index (κ2) is 8.55. The van der Waals surface area contributed by atoms with E-state index < -0.39 is 45.7 Å². The van der Waals surface area contributed by atoms with E-state index in [-0.39, 0.29) is 54.7 Å². The predicted molar refractivity (Wildman–Crippen MR) is 117 cm³/mol. The van der Waals surface area contributed by atoms with Gasteiger partial charge >= 0.3 is 5.97 Å². The predicted octanol–water partition coefficient (Wildman–Crippen LogP) is 1.36. The molecule has 0 radical (unpaired) electrons. The highest BCUT2D eigenvalue weighted by atomic mass is 35.5. The number of nitrogens with zero attached hydrogens (tertiary/aromatic N) is 2. The molecule has 1 aliphatic heterocycles. The number of anilines is 2. The van der Waals surface area contributed by atoms with E-state index >= 15 is 8.78 Å². The third-order valence-electron chi connectivity index (χ3n) is 5.80. The molecule has 6 N–H and O–H groups in total. The number of hydrogen-bond acceptors (Lipinski definition) is 6. The number of aromatic nitrogens is 1. The Morgan fingerprint density at radius 2 is 1.91 bits per heavy atom. The molecule has 2 aliphatic rings. The normalized spacial score (nSPS) is 19.0. The number of hydrogen-bond donors (Lipinski definition) is 4. The molecule has 2 unspecified atom stereocenters. The average Bonchev–Trinajstić information content (AvgIpc) is 3.45. The van der Waals surface area contributed by atoms with Crippen LogP contribution in [0.1, 0.15) is 42.6 Å². The number of pyridine rings is 1. The summed E-state index contributed by atoms with van der Waals surface area (Å²) in [6.45, 7) is 1.93. The number of benzene rings is 1. The molecule has 4 rings (SSSR count). The van der Waals surface area contributed by atoms with Crippen molar-refractivity contribution in [1.82, 2.24) is 9.88 Å². The molecule has 1 aromatic carbocycles. The van der Waals surface area contributed by atoms with Crippen molar-refractivity contribution in [2.24, 2.45) is 5.73 Å². The van der Waals surface area contributed by atoms with Gasteiger partial charge in [-0.3, -0.25) is 9.59 Å². The molecule has 2 atom stereocenters. The highest BCUT2D eigenvalue weighted by molar-refractivity contribution is 5.99.